The molecule has 4 nitrogen and oxygen atoms in total. The third-order valence-corrected chi connectivity index (χ3v) is 4.46. The zero-order chi connectivity index (χ0) is 16.1. The Bertz CT molecular complexity index is 239. The van der Waals surface area contributed by atoms with E-state index in [4.69, 9.17) is 9.84 Å². The standard InChI is InChI=1S/C9H17NO.C7H15N.CH4O.CH4/c1-3-11-8-9-6-4-5-7-10(9)2;1-7-5-3-4-6-8(7)2;1-2;/h3,9H,1,4-8H2,2H3;7H,3-6H2,1-2H3;2H,1H3;1H4. The van der Waals surface area contributed by atoms with Crippen LogP contribution in [0.5, 0.6) is 0 Å². The van der Waals surface area contributed by atoms with Gasteiger partial charge in [-0.05, 0) is 59.8 Å². The lowest BCUT2D eigenvalue weighted by Crippen LogP contribution is -2.38. The van der Waals surface area contributed by atoms with Crippen molar-refractivity contribution in [1.82, 2.24) is 9.80 Å². The molecule has 0 aromatic rings. The second kappa shape index (κ2) is 15.3. The number of rotatable bonds is 3. The van der Waals surface area contributed by atoms with E-state index >= 15 is 0 Å². The SMILES string of the molecule is C.C=COCC1CCCCN1C.CC1CCCCN1C.CO. The van der Waals surface area contributed by atoms with Crippen molar-refractivity contribution in [1.29, 1.82) is 0 Å². The number of likely N-dealkylation sites (N-methyl/N-ethyl adjacent to an activating group) is 1. The first kappa shape index (κ1) is 23.7. The first-order chi connectivity index (χ1) is 10.1. The molecule has 2 fully saturated rings. The molecule has 2 aliphatic rings. The average molecular weight is 317 g/mol. The fourth-order valence-corrected chi connectivity index (χ4v) is 2.78. The Labute approximate surface area is 139 Å². The normalized spacial score (nSPS) is 25.5. The molecule has 0 spiro atoms. The van der Waals surface area contributed by atoms with Gasteiger partial charge in [-0.3, -0.25) is 0 Å². The van der Waals surface area contributed by atoms with Crippen molar-refractivity contribution >= 4 is 0 Å². The fraction of sp³-hybridized carbons (Fsp3) is 0.889. The Morgan fingerprint density at radius 3 is 2.00 bits per heavy atom. The van der Waals surface area contributed by atoms with Gasteiger partial charge in [0.25, 0.3) is 0 Å². The predicted molar refractivity (Wildman–Crippen MR) is 97.2 cm³/mol. The van der Waals surface area contributed by atoms with Crippen molar-refractivity contribution in [2.75, 3.05) is 40.9 Å². The maximum absolute atomic E-state index is 7.00. The number of aliphatic hydroxyl groups excluding tert-OH is 1. The molecule has 0 saturated carbocycles. The van der Waals surface area contributed by atoms with Gasteiger partial charge < -0.3 is 19.6 Å². The Morgan fingerprint density at radius 2 is 1.59 bits per heavy atom. The van der Waals surface area contributed by atoms with E-state index in [1.807, 2.05) is 0 Å². The van der Waals surface area contributed by atoms with E-state index in [2.05, 4.69) is 37.4 Å². The van der Waals surface area contributed by atoms with E-state index in [9.17, 15) is 0 Å². The summed E-state index contributed by atoms with van der Waals surface area (Å²) in [5, 5.41) is 7.00. The lowest BCUT2D eigenvalue weighted by atomic mass is 10.0. The lowest BCUT2D eigenvalue weighted by Gasteiger charge is -2.31. The highest BCUT2D eigenvalue weighted by Gasteiger charge is 2.18. The van der Waals surface area contributed by atoms with Gasteiger partial charge in [0.2, 0.25) is 0 Å². The van der Waals surface area contributed by atoms with E-state index in [-0.39, 0.29) is 7.43 Å². The second-order valence-electron chi connectivity index (χ2n) is 5.96. The van der Waals surface area contributed by atoms with Crippen LogP contribution in [0.1, 0.15) is 52.9 Å². The lowest BCUT2D eigenvalue weighted by molar-refractivity contribution is 0.103. The van der Waals surface area contributed by atoms with Crippen molar-refractivity contribution in [3.8, 4) is 0 Å². The highest BCUT2D eigenvalue weighted by Crippen LogP contribution is 2.15. The van der Waals surface area contributed by atoms with Crippen LogP contribution in [0.25, 0.3) is 0 Å². The molecule has 2 atom stereocenters. The minimum Gasteiger partial charge on any atom is -0.500 e. The zero-order valence-corrected chi connectivity index (χ0v) is 14.6. The molecular formula is C18H40N2O2. The molecule has 22 heavy (non-hydrogen) atoms. The van der Waals surface area contributed by atoms with Crippen LogP contribution in [0.15, 0.2) is 12.8 Å². The number of piperidine rings is 2. The number of likely N-dealkylation sites (tertiary alicyclic amines) is 2. The molecule has 0 amide bonds. The van der Waals surface area contributed by atoms with Gasteiger partial charge in [-0.25, -0.2) is 0 Å². The minimum absolute atomic E-state index is 0. The molecule has 0 aromatic carbocycles. The maximum Gasteiger partial charge on any atom is 0.103 e. The van der Waals surface area contributed by atoms with Crippen molar-refractivity contribution in [3.05, 3.63) is 12.8 Å². The fourth-order valence-electron chi connectivity index (χ4n) is 2.78. The Morgan fingerprint density at radius 1 is 1.05 bits per heavy atom. The molecule has 134 valence electrons. The molecule has 2 saturated heterocycles. The van der Waals surface area contributed by atoms with Crippen LogP contribution >= 0.6 is 0 Å². The summed E-state index contributed by atoms with van der Waals surface area (Å²) in [5.74, 6) is 0. The largest absolute Gasteiger partial charge is 0.500 e. The number of hydrogen-bond donors (Lipinski definition) is 1. The molecule has 0 aromatic heterocycles. The second-order valence-corrected chi connectivity index (χ2v) is 5.96. The van der Waals surface area contributed by atoms with E-state index in [1.165, 1.54) is 57.9 Å². The van der Waals surface area contributed by atoms with Gasteiger partial charge in [-0.1, -0.05) is 26.8 Å². The quantitative estimate of drug-likeness (QED) is 0.810. The predicted octanol–water partition coefficient (Wildman–Crippen LogP) is 3.37. The Kier molecular flexibility index (Phi) is 16.5. The average Bonchev–Trinajstić information content (AvgIpc) is 2.52. The molecular weight excluding hydrogens is 276 g/mol. The Hall–Kier alpha value is -0.580. The maximum atomic E-state index is 7.00. The smallest absolute Gasteiger partial charge is 0.103 e. The number of ether oxygens (including phenoxy) is 1. The van der Waals surface area contributed by atoms with Crippen LogP contribution in [0.3, 0.4) is 0 Å². The number of hydrogen-bond acceptors (Lipinski definition) is 4. The van der Waals surface area contributed by atoms with Crippen molar-refractivity contribution in [2.45, 2.75) is 65.0 Å². The van der Waals surface area contributed by atoms with Crippen molar-refractivity contribution in [2.24, 2.45) is 0 Å². The highest BCUT2D eigenvalue weighted by molar-refractivity contribution is 4.74. The number of aliphatic hydroxyl groups is 1. The summed E-state index contributed by atoms with van der Waals surface area (Å²) in [6.07, 6.45) is 9.71. The summed E-state index contributed by atoms with van der Waals surface area (Å²) in [7, 11) is 5.38. The first-order valence-corrected chi connectivity index (χ1v) is 8.23. The Balaban J connectivity index is 0. The zero-order valence-electron chi connectivity index (χ0n) is 14.6. The summed E-state index contributed by atoms with van der Waals surface area (Å²) >= 11 is 0. The topological polar surface area (TPSA) is 35.9 Å². The summed E-state index contributed by atoms with van der Waals surface area (Å²) in [4.78, 5) is 4.80. The van der Waals surface area contributed by atoms with Crippen LogP contribution < -0.4 is 0 Å². The third kappa shape index (κ3) is 10.2. The molecule has 2 aliphatic heterocycles. The van der Waals surface area contributed by atoms with Crippen LogP contribution in [0.2, 0.25) is 0 Å². The summed E-state index contributed by atoms with van der Waals surface area (Å²) in [5.41, 5.74) is 0. The van der Waals surface area contributed by atoms with E-state index in [0.717, 1.165) is 19.8 Å². The monoisotopic (exact) mass is 316 g/mol. The number of nitrogens with zero attached hydrogens (tertiary/aromatic N) is 2. The van der Waals surface area contributed by atoms with Gasteiger partial charge in [-0.15, -0.1) is 0 Å². The minimum atomic E-state index is 0. The van der Waals surface area contributed by atoms with Gasteiger partial charge >= 0.3 is 0 Å². The molecule has 1 N–H and O–H groups in total. The van der Waals surface area contributed by atoms with Gasteiger partial charge in [0, 0.05) is 19.2 Å². The van der Waals surface area contributed by atoms with Gasteiger partial charge in [0.15, 0.2) is 0 Å². The van der Waals surface area contributed by atoms with Crippen molar-refractivity contribution < 1.29 is 9.84 Å². The molecule has 0 bridgehead atoms. The van der Waals surface area contributed by atoms with E-state index in [1.54, 1.807) is 0 Å². The third-order valence-electron chi connectivity index (χ3n) is 4.46. The van der Waals surface area contributed by atoms with Gasteiger partial charge in [0.1, 0.15) is 6.61 Å². The van der Waals surface area contributed by atoms with Crippen molar-refractivity contribution in [3.63, 3.8) is 0 Å². The summed E-state index contributed by atoms with van der Waals surface area (Å²) in [6, 6.07) is 1.45. The first-order valence-electron chi connectivity index (χ1n) is 8.23. The molecule has 2 heterocycles. The molecule has 0 radical (unpaired) electrons. The molecule has 4 heteroatoms. The van der Waals surface area contributed by atoms with Gasteiger partial charge in [0.05, 0.1) is 6.26 Å². The summed E-state index contributed by atoms with van der Waals surface area (Å²) in [6.45, 7) is 9.16. The van der Waals surface area contributed by atoms with Gasteiger partial charge in [-0.2, -0.15) is 0 Å². The van der Waals surface area contributed by atoms with Crippen LogP contribution in [-0.4, -0.2) is 67.9 Å². The van der Waals surface area contributed by atoms with E-state index < -0.39 is 0 Å². The molecule has 2 unspecified atom stereocenters. The van der Waals surface area contributed by atoms with Crippen LogP contribution in [0, 0.1) is 0 Å². The van der Waals surface area contributed by atoms with Crippen LogP contribution in [-0.2, 0) is 4.74 Å². The van der Waals surface area contributed by atoms with Crippen LogP contribution in [0.4, 0.5) is 0 Å². The van der Waals surface area contributed by atoms with E-state index in [0.29, 0.717) is 6.04 Å². The highest BCUT2D eigenvalue weighted by atomic mass is 16.5. The summed E-state index contributed by atoms with van der Waals surface area (Å²) < 4.78 is 5.17. The molecule has 0 aliphatic carbocycles. The molecule has 2 rings (SSSR count).